The maximum Gasteiger partial charge on any atom is 0.410 e. The van der Waals surface area contributed by atoms with E-state index in [2.05, 4.69) is 15.1 Å². The molecule has 1 aromatic heterocycles. The summed E-state index contributed by atoms with van der Waals surface area (Å²) in [5, 5.41) is 8.37. The summed E-state index contributed by atoms with van der Waals surface area (Å²) in [4.78, 5) is 16.1. The van der Waals surface area contributed by atoms with Crippen molar-refractivity contribution in [1.82, 2.24) is 15.1 Å². The number of hydrogen-bond donors (Lipinski definition) is 0. The minimum Gasteiger partial charge on any atom is -0.444 e. The van der Waals surface area contributed by atoms with Crippen molar-refractivity contribution >= 4 is 23.5 Å². The highest BCUT2D eigenvalue weighted by molar-refractivity contribution is 6.29. The van der Waals surface area contributed by atoms with Crippen LogP contribution < -0.4 is 4.90 Å². The maximum absolute atomic E-state index is 12.2. The van der Waals surface area contributed by atoms with Gasteiger partial charge in [0, 0.05) is 13.1 Å². The number of rotatable bonds is 1. The summed E-state index contributed by atoms with van der Waals surface area (Å²) < 4.78 is 11.4. The standard InChI is InChI=1S/C15H21ClN4O3/c1-15(2,3)23-14(21)20-8-10-6-19(7-11(9-20)22-10)13-5-4-12(16)17-18-13/h4-5,10-11H,6-9H2,1-3H3. The van der Waals surface area contributed by atoms with Gasteiger partial charge in [-0.15, -0.1) is 10.2 Å². The minimum absolute atomic E-state index is 0.0625. The van der Waals surface area contributed by atoms with E-state index < -0.39 is 5.60 Å². The molecule has 1 aromatic rings. The highest BCUT2D eigenvalue weighted by Crippen LogP contribution is 2.24. The van der Waals surface area contributed by atoms with E-state index in [0.29, 0.717) is 31.3 Å². The van der Waals surface area contributed by atoms with Crippen LogP contribution in [-0.4, -0.2) is 65.2 Å². The minimum atomic E-state index is -0.491. The van der Waals surface area contributed by atoms with Crippen molar-refractivity contribution in [3.63, 3.8) is 0 Å². The number of halogens is 1. The summed E-state index contributed by atoms with van der Waals surface area (Å²) in [6.45, 7) is 7.96. The van der Waals surface area contributed by atoms with E-state index in [-0.39, 0.29) is 18.3 Å². The molecule has 0 aliphatic carbocycles. The lowest BCUT2D eigenvalue weighted by atomic mass is 10.1. The summed E-state index contributed by atoms with van der Waals surface area (Å²) in [7, 11) is 0. The van der Waals surface area contributed by atoms with E-state index in [1.54, 1.807) is 11.0 Å². The average Bonchev–Trinajstić information content (AvgIpc) is 2.45. The molecular formula is C15H21ClN4O3. The molecule has 2 atom stereocenters. The SMILES string of the molecule is CC(C)(C)OC(=O)N1CC2CN(c3ccc(Cl)nn3)CC(C1)O2. The van der Waals surface area contributed by atoms with Crippen molar-refractivity contribution in [1.29, 1.82) is 0 Å². The third kappa shape index (κ3) is 4.03. The Bertz CT molecular complexity index is 561. The Hall–Kier alpha value is -1.60. The van der Waals surface area contributed by atoms with Gasteiger partial charge in [0.2, 0.25) is 0 Å². The fraction of sp³-hybridized carbons (Fsp3) is 0.667. The van der Waals surface area contributed by atoms with Crippen LogP contribution in [0.2, 0.25) is 5.15 Å². The van der Waals surface area contributed by atoms with Gasteiger partial charge in [0.25, 0.3) is 0 Å². The normalized spacial score (nSPS) is 24.5. The Kier molecular flexibility index (Phi) is 4.33. The predicted molar refractivity (Wildman–Crippen MR) is 85.7 cm³/mol. The predicted octanol–water partition coefficient (Wildman–Crippen LogP) is 1.95. The molecule has 1 amide bonds. The Balaban J connectivity index is 1.64. The average molecular weight is 341 g/mol. The molecule has 3 heterocycles. The van der Waals surface area contributed by atoms with E-state index in [9.17, 15) is 4.79 Å². The molecule has 7 nitrogen and oxygen atoms in total. The van der Waals surface area contributed by atoms with Gasteiger partial charge in [-0.05, 0) is 32.9 Å². The monoisotopic (exact) mass is 340 g/mol. The van der Waals surface area contributed by atoms with Crippen LogP contribution in [0.5, 0.6) is 0 Å². The molecule has 0 spiro atoms. The van der Waals surface area contributed by atoms with Gasteiger partial charge in [-0.3, -0.25) is 0 Å². The van der Waals surface area contributed by atoms with E-state index >= 15 is 0 Å². The first kappa shape index (κ1) is 16.3. The van der Waals surface area contributed by atoms with Crippen LogP contribution in [0, 0.1) is 0 Å². The van der Waals surface area contributed by atoms with E-state index in [4.69, 9.17) is 21.1 Å². The van der Waals surface area contributed by atoms with Gasteiger partial charge in [0.1, 0.15) is 5.60 Å². The Morgan fingerprint density at radius 3 is 2.39 bits per heavy atom. The zero-order chi connectivity index (χ0) is 16.6. The smallest absolute Gasteiger partial charge is 0.410 e. The molecular weight excluding hydrogens is 320 g/mol. The lowest BCUT2D eigenvalue weighted by Gasteiger charge is -2.45. The second-order valence-corrected chi connectivity index (χ2v) is 7.27. The van der Waals surface area contributed by atoms with Crippen LogP contribution in [-0.2, 0) is 9.47 Å². The van der Waals surface area contributed by atoms with Crippen molar-refractivity contribution in [3.8, 4) is 0 Å². The number of carbonyl (C=O) groups excluding carboxylic acids is 1. The number of morpholine rings is 2. The Morgan fingerprint density at radius 2 is 1.87 bits per heavy atom. The molecule has 2 bridgehead atoms. The second kappa shape index (κ2) is 6.13. The molecule has 2 unspecified atom stereocenters. The van der Waals surface area contributed by atoms with E-state index in [0.717, 1.165) is 5.82 Å². The third-order valence-corrected chi connectivity index (χ3v) is 3.88. The summed E-state index contributed by atoms with van der Waals surface area (Å²) in [5.74, 6) is 0.776. The number of ether oxygens (including phenoxy) is 2. The molecule has 2 saturated heterocycles. The first-order valence-corrected chi connectivity index (χ1v) is 8.05. The van der Waals surface area contributed by atoms with Crippen LogP contribution in [0.1, 0.15) is 20.8 Å². The molecule has 0 aromatic carbocycles. The second-order valence-electron chi connectivity index (χ2n) is 6.88. The summed E-state index contributed by atoms with van der Waals surface area (Å²) in [5.41, 5.74) is -0.491. The number of anilines is 1. The molecule has 8 heteroatoms. The van der Waals surface area contributed by atoms with Gasteiger partial charge in [0.15, 0.2) is 11.0 Å². The number of carbonyl (C=O) groups is 1. The lowest BCUT2D eigenvalue weighted by Crippen LogP contribution is -2.61. The molecule has 0 saturated carbocycles. The number of fused-ring (bicyclic) bond motifs is 2. The topological polar surface area (TPSA) is 67.8 Å². The fourth-order valence-corrected chi connectivity index (χ4v) is 2.93. The summed E-state index contributed by atoms with van der Waals surface area (Å²) in [6.07, 6.45) is -0.407. The molecule has 23 heavy (non-hydrogen) atoms. The molecule has 0 radical (unpaired) electrons. The van der Waals surface area contributed by atoms with Gasteiger partial charge in [-0.1, -0.05) is 11.6 Å². The van der Waals surface area contributed by atoms with Crippen molar-refractivity contribution in [3.05, 3.63) is 17.3 Å². The van der Waals surface area contributed by atoms with Crippen LogP contribution in [0.15, 0.2) is 12.1 Å². The van der Waals surface area contributed by atoms with Crippen LogP contribution >= 0.6 is 11.6 Å². The number of amides is 1. The lowest BCUT2D eigenvalue weighted by molar-refractivity contribution is -0.0950. The molecule has 0 N–H and O–H groups in total. The molecule has 2 aliphatic rings. The van der Waals surface area contributed by atoms with Crippen molar-refractivity contribution in [2.45, 2.75) is 38.6 Å². The first-order valence-electron chi connectivity index (χ1n) is 7.68. The van der Waals surface area contributed by atoms with Crippen molar-refractivity contribution < 1.29 is 14.3 Å². The van der Waals surface area contributed by atoms with Crippen molar-refractivity contribution in [2.24, 2.45) is 0 Å². The van der Waals surface area contributed by atoms with Crippen molar-refractivity contribution in [2.75, 3.05) is 31.1 Å². The highest BCUT2D eigenvalue weighted by Gasteiger charge is 2.38. The Morgan fingerprint density at radius 1 is 1.22 bits per heavy atom. The van der Waals surface area contributed by atoms with Crippen LogP contribution in [0.4, 0.5) is 10.6 Å². The largest absolute Gasteiger partial charge is 0.444 e. The molecule has 126 valence electrons. The molecule has 3 rings (SSSR count). The van der Waals surface area contributed by atoms with Crippen LogP contribution in [0.3, 0.4) is 0 Å². The number of aromatic nitrogens is 2. The summed E-state index contributed by atoms with van der Waals surface area (Å²) >= 11 is 5.78. The zero-order valence-corrected chi connectivity index (χ0v) is 14.3. The molecule has 2 fully saturated rings. The quantitative estimate of drug-likeness (QED) is 0.778. The molecule has 2 aliphatic heterocycles. The first-order chi connectivity index (χ1) is 10.8. The zero-order valence-electron chi connectivity index (χ0n) is 13.5. The van der Waals surface area contributed by atoms with Gasteiger partial charge in [0.05, 0.1) is 25.3 Å². The van der Waals surface area contributed by atoms with E-state index in [1.807, 2.05) is 26.8 Å². The Labute approximate surface area is 140 Å². The van der Waals surface area contributed by atoms with Gasteiger partial charge in [-0.2, -0.15) is 0 Å². The fourth-order valence-electron chi connectivity index (χ4n) is 2.83. The van der Waals surface area contributed by atoms with Gasteiger partial charge < -0.3 is 19.3 Å². The van der Waals surface area contributed by atoms with Gasteiger partial charge >= 0.3 is 6.09 Å². The summed E-state index contributed by atoms with van der Waals surface area (Å²) in [6, 6.07) is 3.57. The van der Waals surface area contributed by atoms with E-state index in [1.165, 1.54) is 0 Å². The number of hydrogen-bond acceptors (Lipinski definition) is 6. The maximum atomic E-state index is 12.2. The number of nitrogens with zero attached hydrogens (tertiary/aromatic N) is 4. The third-order valence-electron chi connectivity index (χ3n) is 3.67. The van der Waals surface area contributed by atoms with Gasteiger partial charge in [-0.25, -0.2) is 4.79 Å². The van der Waals surface area contributed by atoms with Crippen LogP contribution in [0.25, 0.3) is 0 Å². The highest BCUT2D eigenvalue weighted by atomic mass is 35.5.